The fourth-order valence-corrected chi connectivity index (χ4v) is 4.75. The minimum atomic E-state index is -0.241. The average Bonchev–Trinajstić information content (AvgIpc) is 3.33. The van der Waals surface area contributed by atoms with E-state index in [-0.39, 0.29) is 29.8 Å². The SMILES string of the molecule is CC(C)n1nc(C(=O)NCc2ccc(NC(=O)N(C)C)cc2)c2c1[C@@H](C)CN(c1ccc(C(=O)N(C)C)cn1)C2. The Kier molecular flexibility index (Phi) is 8.41. The lowest BCUT2D eigenvalue weighted by molar-refractivity contribution is 0.0826. The molecule has 0 saturated heterocycles. The Morgan fingerprint density at radius 1 is 1.02 bits per heavy atom. The van der Waals surface area contributed by atoms with Crippen LogP contribution in [0, 0.1) is 0 Å². The lowest BCUT2D eigenvalue weighted by Gasteiger charge is -2.33. The highest BCUT2D eigenvalue weighted by atomic mass is 16.2. The van der Waals surface area contributed by atoms with Crippen molar-refractivity contribution in [1.82, 2.24) is 29.9 Å². The van der Waals surface area contributed by atoms with Gasteiger partial charge >= 0.3 is 6.03 Å². The van der Waals surface area contributed by atoms with Crippen molar-refractivity contribution in [2.24, 2.45) is 0 Å². The van der Waals surface area contributed by atoms with Gasteiger partial charge in [-0.1, -0.05) is 19.1 Å². The zero-order valence-corrected chi connectivity index (χ0v) is 24.2. The third-order valence-corrected chi connectivity index (χ3v) is 6.85. The van der Waals surface area contributed by atoms with Crippen LogP contribution in [0.3, 0.4) is 0 Å². The molecule has 1 atom stereocenters. The second-order valence-corrected chi connectivity index (χ2v) is 10.8. The predicted octanol–water partition coefficient (Wildman–Crippen LogP) is 3.71. The van der Waals surface area contributed by atoms with Gasteiger partial charge in [-0.05, 0) is 43.7 Å². The van der Waals surface area contributed by atoms with Gasteiger partial charge in [-0.15, -0.1) is 0 Å². The van der Waals surface area contributed by atoms with E-state index in [1.54, 1.807) is 40.5 Å². The molecule has 3 aromatic rings. The first kappa shape index (κ1) is 28.6. The summed E-state index contributed by atoms with van der Waals surface area (Å²) in [4.78, 5) is 47.2. The van der Waals surface area contributed by atoms with Crippen molar-refractivity contribution in [3.05, 3.63) is 70.7 Å². The molecule has 11 heteroatoms. The molecule has 11 nitrogen and oxygen atoms in total. The number of carbonyl (C=O) groups is 3. The Hall–Kier alpha value is -4.41. The number of aromatic nitrogens is 3. The maximum Gasteiger partial charge on any atom is 0.321 e. The number of nitrogens with one attached hydrogen (secondary N) is 2. The molecule has 212 valence electrons. The first-order chi connectivity index (χ1) is 19.0. The molecule has 0 aliphatic carbocycles. The summed E-state index contributed by atoms with van der Waals surface area (Å²) in [5, 5.41) is 10.6. The molecular weight excluding hydrogens is 508 g/mol. The summed E-state index contributed by atoms with van der Waals surface area (Å²) >= 11 is 0. The van der Waals surface area contributed by atoms with Gasteiger partial charge in [-0.3, -0.25) is 14.3 Å². The molecule has 4 amide bonds. The summed E-state index contributed by atoms with van der Waals surface area (Å²) in [7, 11) is 6.78. The molecule has 40 heavy (non-hydrogen) atoms. The summed E-state index contributed by atoms with van der Waals surface area (Å²) in [6.07, 6.45) is 1.60. The molecule has 0 bridgehead atoms. The normalized spacial score (nSPS) is 14.5. The van der Waals surface area contributed by atoms with Gasteiger partial charge in [0, 0.05) is 82.9 Å². The number of urea groups is 1. The number of carbonyl (C=O) groups excluding carboxylic acids is 3. The quantitative estimate of drug-likeness (QED) is 0.467. The lowest BCUT2D eigenvalue weighted by atomic mass is 9.95. The zero-order chi connectivity index (χ0) is 29.1. The molecule has 2 N–H and O–H groups in total. The Balaban J connectivity index is 1.52. The van der Waals surface area contributed by atoms with Crippen LogP contribution in [0.25, 0.3) is 0 Å². The van der Waals surface area contributed by atoms with Crippen LogP contribution in [0.2, 0.25) is 0 Å². The minimum absolute atomic E-state index is 0.0986. The van der Waals surface area contributed by atoms with Crippen LogP contribution in [0.15, 0.2) is 42.6 Å². The molecule has 0 saturated carbocycles. The monoisotopic (exact) mass is 546 g/mol. The van der Waals surface area contributed by atoms with E-state index in [0.29, 0.717) is 30.0 Å². The molecule has 1 aliphatic heterocycles. The van der Waals surface area contributed by atoms with Crippen molar-refractivity contribution in [3.63, 3.8) is 0 Å². The van der Waals surface area contributed by atoms with Crippen LogP contribution < -0.4 is 15.5 Å². The predicted molar refractivity (Wildman–Crippen MR) is 155 cm³/mol. The van der Waals surface area contributed by atoms with Crippen LogP contribution in [0.4, 0.5) is 16.3 Å². The van der Waals surface area contributed by atoms with Crippen molar-refractivity contribution in [2.45, 2.75) is 45.8 Å². The van der Waals surface area contributed by atoms with Gasteiger partial charge in [0.25, 0.3) is 11.8 Å². The summed E-state index contributed by atoms with van der Waals surface area (Å²) in [6, 6.07) is 10.9. The Bertz CT molecular complexity index is 1380. The molecular formula is C29H38N8O3. The van der Waals surface area contributed by atoms with E-state index in [4.69, 9.17) is 5.10 Å². The van der Waals surface area contributed by atoms with E-state index >= 15 is 0 Å². The maximum absolute atomic E-state index is 13.4. The van der Waals surface area contributed by atoms with Gasteiger partial charge in [-0.25, -0.2) is 9.78 Å². The molecule has 0 radical (unpaired) electrons. The van der Waals surface area contributed by atoms with E-state index < -0.39 is 0 Å². The Morgan fingerprint density at radius 3 is 2.30 bits per heavy atom. The molecule has 0 unspecified atom stereocenters. The first-order valence-corrected chi connectivity index (χ1v) is 13.4. The van der Waals surface area contributed by atoms with Gasteiger partial charge in [0.1, 0.15) is 5.82 Å². The molecule has 3 heterocycles. The summed E-state index contributed by atoms with van der Waals surface area (Å²) in [5.41, 5.74) is 4.48. The molecule has 0 fully saturated rings. The van der Waals surface area contributed by atoms with E-state index in [1.807, 2.05) is 35.0 Å². The van der Waals surface area contributed by atoms with Gasteiger partial charge < -0.3 is 25.3 Å². The van der Waals surface area contributed by atoms with E-state index in [1.165, 1.54) is 9.80 Å². The number of fused-ring (bicyclic) bond motifs is 1. The Morgan fingerprint density at radius 2 is 1.73 bits per heavy atom. The Labute approximate surface area is 235 Å². The molecule has 4 rings (SSSR count). The number of hydrogen-bond acceptors (Lipinski definition) is 6. The van der Waals surface area contributed by atoms with Crippen LogP contribution in [-0.4, -0.2) is 77.1 Å². The van der Waals surface area contributed by atoms with Crippen molar-refractivity contribution >= 4 is 29.4 Å². The number of pyridine rings is 1. The number of anilines is 2. The fourth-order valence-electron chi connectivity index (χ4n) is 4.75. The molecule has 0 spiro atoms. The number of hydrogen-bond donors (Lipinski definition) is 2. The fraction of sp³-hybridized carbons (Fsp3) is 0.414. The third kappa shape index (κ3) is 6.08. The second kappa shape index (κ2) is 11.8. The number of nitrogens with zero attached hydrogens (tertiary/aromatic N) is 6. The summed E-state index contributed by atoms with van der Waals surface area (Å²) in [5.74, 6) is 0.529. The lowest BCUT2D eigenvalue weighted by Crippen LogP contribution is -2.35. The standard InChI is InChI=1S/C29H38N8O3/c1-18(2)37-26-19(3)16-36(24-13-10-21(15-30-24)28(39)34(4)5)17-23(26)25(33-37)27(38)31-14-20-8-11-22(12-9-20)32-29(40)35(6)7/h8-13,15,18-19H,14,16-17H2,1-7H3,(H,31,38)(H,32,40)/t19-/m0/s1. The topological polar surface area (TPSA) is 116 Å². The first-order valence-electron chi connectivity index (χ1n) is 13.4. The highest BCUT2D eigenvalue weighted by Gasteiger charge is 2.33. The highest BCUT2D eigenvalue weighted by Crippen LogP contribution is 2.34. The maximum atomic E-state index is 13.4. The van der Waals surface area contributed by atoms with Gasteiger partial charge in [-0.2, -0.15) is 5.10 Å². The van der Waals surface area contributed by atoms with Crippen LogP contribution in [0.1, 0.15) is 70.4 Å². The second-order valence-electron chi connectivity index (χ2n) is 10.8. The molecule has 1 aromatic carbocycles. The third-order valence-electron chi connectivity index (χ3n) is 6.85. The van der Waals surface area contributed by atoms with E-state index in [2.05, 4.69) is 41.3 Å². The highest BCUT2D eigenvalue weighted by molar-refractivity contribution is 5.95. The van der Waals surface area contributed by atoms with Gasteiger partial charge in [0.05, 0.1) is 5.56 Å². The van der Waals surface area contributed by atoms with E-state index in [0.717, 1.165) is 29.2 Å². The average molecular weight is 547 g/mol. The summed E-state index contributed by atoms with van der Waals surface area (Å²) in [6.45, 7) is 7.79. The largest absolute Gasteiger partial charge is 0.351 e. The zero-order valence-electron chi connectivity index (χ0n) is 24.2. The van der Waals surface area contributed by atoms with Crippen molar-refractivity contribution in [3.8, 4) is 0 Å². The van der Waals surface area contributed by atoms with Crippen LogP contribution >= 0.6 is 0 Å². The van der Waals surface area contributed by atoms with E-state index in [9.17, 15) is 14.4 Å². The van der Waals surface area contributed by atoms with Crippen LogP contribution in [0.5, 0.6) is 0 Å². The number of amides is 4. The van der Waals surface area contributed by atoms with Crippen molar-refractivity contribution < 1.29 is 14.4 Å². The smallest absolute Gasteiger partial charge is 0.321 e. The summed E-state index contributed by atoms with van der Waals surface area (Å²) < 4.78 is 1.96. The van der Waals surface area contributed by atoms with Crippen molar-refractivity contribution in [1.29, 1.82) is 0 Å². The van der Waals surface area contributed by atoms with Crippen molar-refractivity contribution in [2.75, 3.05) is 45.0 Å². The van der Waals surface area contributed by atoms with Gasteiger partial charge in [0.15, 0.2) is 5.69 Å². The number of benzene rings is 1. The number of rotatable bonds is 7. The van der Waals surface area contributed by atoms with Gasteiger partial charge in [0.2, 0.25) is 0 Å². The molecule has 2 aromatic heterocycles. The molecule has 1 aliphatic rings. The minimum Gasteiger partial charge on any atom is -0.351 e. The van der Waals surface area contributed by atoms with Crippen LogP contribution in [-0.2, 0) is 13.1 Å².